The maximum atomic E-state index is 13.1. The van der Waals surface area contributed by atoms with E-state index in [-0.39, 0.29) is 18.9 Å². The zero-order valence-electron chi connectivity index (χ0n) is 15.0. The van der Waals surface area contributed by atoms with Crippen molar-refractivity contribution in [3.8, 4) is 0 Å². The van der Waals surface area contributed by atoms with E-state index in [4.69, 9.17) is 0 Å². The highest BCUT2D eigenvalue weighted by Gasteiger charge is 2.30. The molecule has 0 spiro atoms. The average molecular weight is 400 g/mol. The normalized spacial score (nSPS) is 12.5. The maximum absolute atomic E-state index is 13.1. The number of aryl methyl sites for hydroxylation is 1. The van der Waals surface area contributed by atoms with Crippen LogP contribution in [0.1, 0.15) is 21.9 Å². The Kier molecular flexibility index (Phi) is 6.08. The molecular weight excluding hydrogens is 378 g/mol. The van der Waals surface area contributed by atoms with Gasteiger partial charge >= 0.3 is 0 Å². The second-order valence-corrected chi connectivity index (χ2v) is 9.65. The lowest BCUT2D eigenvalue weighted by molar-refractivity contribution is -0.120. The lowest BCUT2D eigenvalue weighted by Gasteiger charge is -2.18. The molecule has 0 aliphatic rings. The Morgan fingerprint density at radius 3 is 2.33 bits per heavy atom. The molecule has 3 rings (SSSR count). The van der Waals surface area contributed by atoms with Gasteiger partial charge in [0.2, 0.25) is 5.91 Å². The van der Waals surface area contributed by atoms with E-state index < -0.39 is 15.1 Å². The molecule has 1 atom stereocenters. The molecule has 2 aromatic carbocycles. The van der Waals surface area contributed by atoms with Gasteiger partial charge in [-0.15, -0.1) is 11.3 Å². The van der Waals surface area contributed by atoms with Gasteiger partial charge in [0.05, 0.1) is 6.42 Å². The van der Waals surface area contributed by atoms with E-state index in [2.05, 4.69) is 5.32 Å². The fraction of sp³-hybridized carbons (Fsp3) is 0.190. The molecule has 0 saturated carbocycles. The molecule has 1 heterocycles. The van der Waals surface area contributed by atoms with E-state index in [1.165, 1.54) is 11.3 Å². The molecule has 140 valence electrons. The first-order valence-electron chi connectivity index (χ1n) is 8.61. The van der Waals surface area contributed by atoms with Crippen molar-refractivity contribution in [3.05, 3.63) is 88.8 Å². The smallest absolute Gasteiger partial charge is 0.224 e. The monoisotopic (exact) mass is 399 g/mol. The molecule has 0 radical (unpaired) electrons. The third-order valence-electron chi connectivity index (χ3n) is 4.29. The van der Waals surface area contributed by atoms with Crippen LogP contribution in [0.2, 0.25) is 0 Å². The van der Waals surface area contributed by atoms with Gasteiger partial charge in [0.25, 0.3) is 0 Å². The third-order valence-corrected chi connectivity index (χ3v) is 7.82. The van der Waals surface area contributed by atoms with E-state index in [9.17, 15) is 13.2 Å². The Morgan fingerprint density at radius 1 is 1.00 bits per heavy atom. The predicted molar refractivity (Wildman–Crippen MR) is 109 cm³/mol. The Morgan fingerprint density at radius 2 is 1.70 bits per heavy atom. The van der Waals surface area contributed by atoms with Gasteiger partial charge in [0.1, 0.15) is 9.46 Å². The predicted octanol–water partition coefficient (Wildman–Crippen LogP) is 3.93. The van der Waals surface area contributed by atoms with Gasteiger partial charge in [-0.1, -0.05) is 66.2 Å². The van der Waals surface area contributed by atoms with Crippen LogP contribution in [0.5, 0.6) is 0 Å². The zero-order chi connectivity index (χ0) is 19.3. The lowest BCUT2D eigenvalue weighted by atomic mass is 10.1. The van der Waals surface area contributed by atoms with E-state index in [1.807, 2.05) is 61.5 Å². The van der Waals surface area contributed by atoms with Crippen LogP contribution >= 0.6 is 11.3 Å². The summed E-state index contributed by atoms with van der Waals surface area (Å²) in [6.07, 6.45) is 0.223. The molecule has 0 aliphatic carbocycles. The summed E-state index contributed by atoms with van der Waals surface area (Å²) < 4.78 is 26.5. The van der Waals surface area contributed by atoms with Gasteiger partial charge in [0, 0.05) is 6.54 Å². The SMILES string of the molecule is Cc1ccc([C@H](CNC(=O)Cc2ccccc2)S(=O)(=O)c2cccs2)cc1. The van der Waals surface area contributed by atoms with Crippen LogP contribution in [0.3, 0.4) is 0 Å². The van der Waals surface area contributed by atoms with Crippen LogP contribution in [-0.2, 0) is 21.1 Å². The van der Waals surface area contributed by atoms with Crippen molar-refractivity contribution in [2.45, 2.75) is 22.8 Å². The minimum absolute atomic E-state index is 0.0367. The fourth-order valence-corrected chi connectivity index (χ4v) is 5.67. The minimum atomic E-state index is -3.59. The molecule has 4 nitrogen and oxygen atoms in total. The van der Waals surface area contributed by atoms with E-state index in [0.717, 1.165) is 11.1 Å². The van der Waals surface area contributed by atoms with Crippen LogP contribution < -0.4 is 5.32 Å². The van der Waals surface area contributed by atoms with Gasteiger partial charge in [-0.2, -0.15) is 0 Å². The lowest BCUT2D eigenvalue weighted by Crippen LogP contribution is -2.32. The van der Waals surface area contributed by atoms with Crippen LogP contribution in [0.25, 0.3) is 0 Å². The summed E-state index contributed by atoms with van der Waals surface area (Å²) in [6, 6.07) is 20.1. The van der Waals surface area contributed by atoms with Crippen LogP contribution in [0.15, 0.2) is 76.3 Å². The summed E-state index contributed by atoms with van der Waals surface area (Å²) in [5.74, 6) is -0.195. The number of amides is 1. The van der Waals surface area contributed by atoms with Gasteiger partial charge in [-0.25, -0.2) is 8.42 Å². The Labute approximate surface area is 163 Å². The van der Waals surface area contributed by atoms with Crippen LogP contribution in [-0.4, -0.2) is 20.9 Å². The molecule has 3 aromatic rings. The summed E-state index contributed by atoms with van der Waals surface area (Å²) in [6.45, 7) is 1.99. The highest BCUT2D eigenvalue weighted by Crippen LogP contribution is 2.31. The van der Waals surface area contributed by atoms with Crippen molar-refractivity contribution in [2.75, 3.05) is 6.54 Å². The van der Waals surface area contributed by atoms with Crippen molar-refractivity contribution < 1.29 is 13.2 Å². The first kappa shape index (κ1) is 19.3. The second-order valence-electron chi connectivity index (χ2n) is 6.34. The molecule has 0 fully saturated rings. The number of rotatable bonds is 7. The summed E-state index contributed by atoms with van der Waals surface area (Å²) >= 11 is 1.19. The van der Waals surface area contributed by atoms with Gasteiger partial charge < -0.3 is 5.32 Å². The number of nitrogens with one attached hydrogen (secondary N) is 1. The van der Waals surface area contributed by atoms with Crippen molar-refractivity contribution in [3.63, 3.8) is 0 Å². The van der Waals surface area contributed by atoms with Gasteiger partial charge in [-0.3, -0.25) is 4.79 Å². The molecule has 1 aromatic heterocycles. The van der Waals surface area contributed by atoms with Crippen LogP contribution in [0, 0.1) is 6.92 Å². The zero-order valence-corrected chi connectivity index (χ0v) is 16.6. The number of sulfone groups is 1. The third kappa shape index (κ3) is 4.84. The number of hydrogen-bond donors (Lipinski definition) is 1. The molecule has 0 unspecified atom stereocenters. The Bertz CT molecular complexity index is 980. The minimum Gasteiger partial charge on any atom is -0.354 e. The molecule has 1 amide bonds. The quantitative estimate of drug-likeness (QED) is 0.655. The van der Waals surface area contributed by atoms with Crippen molar-refractivity contribution in [1.82, 2.24) is 5.32 Å². The van der Waals surface area contributed by atoms with E-state index >= 15 is 0 Å². The van der Waals surface area contributed by atoms with Gasteiger partial charge in [-0.05, 0) is 29.5 Å². The largest absolute Gasteiger partial charge is 0.354 e. The Balaban J connectivity index is 1.80. The fourth-order valence-electron chi connectivity index (χ4n) is 2.80. The van der Waals surface area contributed by atoms with Crippen molar-refractivity contribution in [2.24, 2.45) is 0 Å². The van der Waals surface area contributed by atoms with Crippen LogP contribution in [0.4, 0.5) is 0 Å². The molecule has 6 heteroatoms. The molecule has 1 N–H and O–H groups in total. The maximum Gasteiger partial charge on any atom is 0.224 e. The molecule has 0 bridgehead atoms. The highest BCUT2D eigenvalue weighted by atomic mass is 32.2. The number of carbonyl (C=O) groups is 1. The number of thiophene rings is 1. The molecular formula is C21H21NO3S2. The average Bonchev–Trinajstić information content (AvgIpc) is 3.20. The summed E-state index contributed by atoms with van der Waals surface area (Å²) in [5.41, 5.74) is 2.62. The Hall–Kier alpha value is -2.44. The molecule has 27 heavy (non-hydrogen) atoms. The number of benzene rings is 2. The van der Waals surface area contributed by atoms with Crippen molar-refractivity contribution >= 4 is 27.1 Å². The first-order valence-corrected chi connectivity index (χ1v) is 11.0. The van der Waals surface area contributed by atoms with E-state index in [0.29, 0.717) is 9.77 Å². The van der Waals surface area contributed by atoms with E-state index in [1.54, 1.807) is 17.5 Å². The second kappa shape index (κ2) is 8.50. The molecule has 0 aliphatic heterocycles. The topological polar surface area (TPSA) is 63.2 Å². The summed E-state index contributed by atoms with van der Waals surface area (Å²) in [5, 5.41) is 3.72. The first-order chi connectivity index (χ1) is 13.0. The van der Waals surface area contributed by atoms with Crippen molar-refractivity contribution in [1.29, 1.82) is 0 Å². The number of carbonyl (C=O) groups excluding carboxylic acids is 1. The summed E-state index contributed by atoms with van der Waals surface area (Å²) in [7, 11) is -3.59. The summed E-state index contributed by atoms with van der Waals surface area (Å²) in [4.78, 5) is 12.3. The van der Waals surface area contributed by atoms with Gasteiger partial charge in [0.15, 0.2) is 9.84 Å². The number of hydrogen-bond acceptors (Lipinski definition) is 4. The standard InChI is InChI=1S/C21H21NO3S2/c1-16-9-11-18(12-10-16)19(27(24,25)21-8-5-13-26-21)15-22-20(23)14-17-6-3-2-4-7-17/h2-13,19H,14-15H2,1H3,(H,22,23)/t19-/m0/s1. The highest BCUT2D eigenvalue weighted by molar-refractivity contribution is 7.93. The molecule has 0 saturated heterocycles.